The normalized spacial score (nSPS) is 21.6. The number of nitrogens with zero attached hydrogens (tertiary/aromatic N) is 6. The van der Waals surface area contributed by atoms with E-state index in [0.717, 1.165) is 63.6 Å². The van der Waals surface area contributed by atoms with E-state index in [-0.39, 0.29) is 11.3 Å². The number of rotatable bonds is 7. The van der Waals surface area contributed by atoms with Crippen LogP contribution in [0.1, 0.15) is 48.8 Å². The number of carbonyl (C=O) groups excluding carboxylic acids is 1. The molecule has 0 aliphatic carbocycles. The summed E-state index contributed by atoms with van der Waals surface area (Å²) in [7, 11) is 0. The first-order valence-electron chi connectivity index (χ1n) is 14.7. The van der Waals surface area contributed by atoms with Crippen LogP contribution in [0.2, 0.25) is 0 Å². The molecule has 5 rings (SSSR count). The summed E-state index contributed by atoms with van der Waals surface area (Å²) < 4.78 is 5.54. The molecule has 1 aromatic heterocycles. The van der Waals surface area contributed by atoms with Crippen LogP contribution in [0, 0.1) is 12.8 Å². The van der Waals surface area contributed by atoms with E-state index >= 15 is 0 Å². The van der Waals surface area contributed by atoms with Gasteiger partial charge in [0.2, 0.25) is 5.96 Å². The van der Waals surface area contributed by atoms with Crippen molar-refractivity contribution < 1.29 is 9.53 Å². The van der Waals surface area contributed by atoms with Crippen molar-refractivity contribution >= 4 is 35.3 Å². The molecule has 12 heteroatoms. The van der Waals surface area contributed by atoms with E-state index < -0.39 is 0 Å². The number of carbonyl (C=O) groups is 1. The van der Waals surface area contributed by atoms with Crippen LogP contribution in [0.15, 0.2) is 63.5 Å². The number of ether oxygens (including phenoxy) is 1. The molecule has 2 saturated heterocycles. The van der Waals surface area contributed by atoms with Crippen LogP contribution in [0.4, 0.5) is 11.5 Å². The highest BCUT2D eigenvalue weighted by Gasteiger charge is 2.26. The van der Waals surface area contributed by atoms with E-state index in [4.69, 9.17) is 15.5 Å². The van der Waals surface area contributed by atoms with Crippen LogP contribution < -0.4 is 16.4 Å². The number of allylic oxidation sites excluding steroid dienone is 1. The number of nitrogens with two attached hydrogens (primary N) is 1. The van der Waals surface area contributed by atoms with Crippen LogP contribution in [0.5, 0.6) is 0 Å². The first kappa shape index (κ1) is 30.2. The van der Waals surface area contributed by atoms with Crippen LogP contribution in [0.25, 0.3) is 0 Å². The number of aliphatic imine (C=N–C) groups is 3. The van der Waals surface area contributed by atoms with Crippen molar-refractivity contribution in [3.05, 3.63) is 65.4 Å². The van der Waals surface area contributed by atoms with Crippen LogP contribution in [0.3, 0.4) is 0 Å². The number of amides is 1. The zero-order chi connectivity index (χ0) is 30.6. The van der Waals surface area contributed by atoms with Crippen molar-refractivity contribution in [2.24, 2.45) is 26.6 Å². The number of aryl methyl sites for hydroxylation is 1. The molecule has 5 N–H and O–H groups in total. The number of hydrogen-bond acceptors (Lipinski definition) is 10. The van der Waals surface area contributed by atoms with Crippen LogP contribution >= 0.6 is 0 Å². The summed E-state index contributed by atoms with van der Waals surface area (Å²) in [5.74, 6) is 1.79. The Balaban J connectivity index is 1.30. The van der Waals surface area contributed by atoms with Crippen LogP contribution in [-0.4, -0.2) is 89.7 Å². The van der Waals surface area contributed by atoms with Crippen molar-refractivity contribution in [2.75, 3.05) is 56.6 Å². The Hall–Kier alpha value is -4.29. The lowest BCUT2D eigenvalue weighted by molar-refractivity contribution is 0.102. The first-order chi connectivity index (χ1) is 20.6. The SMILES string of the molecule is C=C/N=C1/C=NC(N2CCN(CC3CCOC3)CC2)=N/C1=C(/N)Nc1cc(C(=O)Nc2cc(C(C)(C)C)n[nH]2)ccc1C. The monoisotopic (exact) mass is 586 g/mol. The molecule has 3 aliphatic rings. The number of guanidine groups is 1. The molecule has 3 aliphatic heterocycles. The van der Waals surface area contributed by atoms with Crippen molar-refractivity contribution in [2.45, 2.75) is 39.5 Å². The largest absolute Gasteiger partial charge is 0.383 e. The summed E-state index contributed by atoms with van der Waals surface area (Å²) >= 11 is 0. The molecule has 12 nitrogen and oxygen atoms in total. The Morgan fingerprint density at radius 3 is 2.70 bits per heavy atom. The summed E-state index contributed by atoms with van der Waals surface area (Å²) in [5.41, 5.74) is 10.4. The Morgan fingerprint density at radius 2 is 2.02 bits per heavy atom. The number of anilines is 2. The maximum Gasteiger partial charge on any atom is 0.256 e. The molecule has 2 aromatic rings. The number of H-pyrrole nitrogens is 1. The van der Waals surface area contributed by atoms with E-state index in [1.54, 1.807) is 18.3 Å². The van der Waals surface area contributed by atoms with Crippen LogP contribution in [-0.2, 0) is 10.2 Å². The Labute approximate surface area is 252 Å². The molecule has 0 bridgehead atoms. The fourth-order valence-corrected chi connectivity index (χ4v) is 5.20. The quantitative estimate of drug-likeness (QED) is 0.388. The van der Waals surface area contributed by atoms with Gasteiger partial charge in [-0.25, -0.2) is 9.98 Å². The van der Waals surface area contributed by atoms with E-state index in [1.807, 2.05) is 19.1 Å². The smallest absolute Gasteiger partial charge is 0.256 e. The second-order valence-electron chi connectivity index (χ2n) is 12.2. The fourth-order valence-electron chi connectivity index (χ4n) is 5.20. The van der Waals surface area contributed by atoms with Gasteiger partial charge in [0.1, 0.15) is 23.0 Å². The lowest BCUT2D eigenvalue weighted by atomic mass is 9.92. The second kappa shape index (κ2) is 12.9. The maximum absolute atomic E-state index is 13.1. The molecule has 1 unspecified atom stereocenters. The molecule has 43 heavy (non-hydrogen) atoms. The van der Waals surface area contributed by atoms with E-state index in [9.17, 15) is 4.79 Å². The van der Waals surface area contributed by atoms with Gasteiger partial charge in [-0.05, 0) is 37.0 Å². The topological polar surface area (TPSA) is 149 Å². The van der Waals surface area contributed by atoms with Gasteiger partial charge in [0, 0.05) is 68.3 Å². The van der Waals surface area contributed by atoms with Gasteiger partial charge in [0.25, 0.3) is 5.91 Å². The van der Waals surface area contributed by atoms with Gasteiger partial charge in [0.05, 0.1) is 18.5 Å². The molecular weight excluding hydrogens is 544 g/mol. The summed E-state index contributed by atoms with van der Waals surface area (Å²) in [6.45, 7) is 18.2. The third-order valence-corrected chi connectivity index (χ3v) is 7.80. The lowest BCUT2D eigenvalue weighted by Gasteiger charge is -2.36. The zero-order valence-electron chi connectivity index (χ0n) is 25.5. The lowest BCUT2D eigenvalue weighted by Crippen LogP contribution is -2.50. The number of aromatic nitrogens is 2. The number of nitrogens with one attached hydrogen (secondary N) is 3. The van der Waals surface area contributed by atoms with Gasteiger partial charge >= 0.3 is 0 Å². The predicted octanol–water partition coefficient (Wildman–Crippen LogP) is 3.49. The number of hydrogen-bond donors (Lipinski definition) is 4. The Bertz CT molecular complexity index is 1470. The minimum absolute atomic E-state index is 0.134. The molecule has 1 amide bonds. The average Bonchev–Trinajstić information content (AvgIpc) is 3.67. The van der Waals surface area contributed by atoms with Gasteiger partial charge in [-0.1, -0.05) is 33.4 Å². The number of benzene rings is 1. The van der Waals surface area contributed by atoms with Crippen molar-refractivity contribution in [3.8, 4) is 0 Å². The van der Waals surface area contributed by atoms with Gasteiger partial charge in [0.15, 0.2) is 0 Å². The molecule has 0 radical (unpaired) electrons. The molecule has 1 aromatic carbocycles. The molecule has 4 heterocycles. The van der Waals surface area contributed by atoms with Crippen molar-refractivity contribution in [1.29, 1.82) is 0 Å². The van der Waals surface area contributed by atoms with Gasteiger partial charge in [-0.15, -0.1) is 0 Å². The average molecular weight is 587 g/mol. The highest BCUT2D eigenvalue weighted by molar-refractivity contribution is 6.41. The Morgan fingerprint density at radius 1 is 1.23 bits per heavy atom. The molecule has 2 fully saturated rings. The Kier molecular flexibility index (Phi) is 9.07. The van der Waals surface area contributed by atoms with E-state index in [2.05, 4.69) is 68.0 Å². The summed E-state index contributed by atoms with van der Waals surface area (Å²) in [5, 5.41) is 13.4. The van der Waals surface area contributed by atoms with Gasteiger partial charge in [-0.2, -0.15) is 5.10 Å². The minimum atomic E-state index is -0.267. The van der Waals surface area contributed by atoms with Gasteiger partial charge in [-0.3, -0.25) is 19.8 Å². The third kappa shape index (κ3) is 7.38. The summed E-state index contributed by atoms with van der Waals surface area (Å²) in [4.78, 5) is 31.5. The minimum Gasteiger partial charge on any atom is -0.383 e. The molecule has 1 atom stereocenters. The standard InChI is InChI=1S/C31H42N10O2/c1-6-33-24-17-34-30(41-12-10-40(11-13-41)18-21-9-14-43-19-21)37-27(24)28(32)35-23-15-22(8-7-20(23)2)29(42)36-26-16-25(38-39-26)31(3,4)5/h6-8,15-17,21,35H,1,9-14,18-19,32H2,2-5H3,(H2,36,38,39,42)/b28-27-,33-24-. The zero-order valence-corrected chi connectivity index (χ0v) is 25.5. The highest BCUT2D eigenvalue weighted by Crippen LogP contribution is 2.24. The first-order valence-corrected chi connectivity index (χ1v) is 14.7. The van der Waals surface area contributed by atoms with E-state index in [0.29, 0.717) is 46.2 Å². The number of aromatic amines is 1. The van der Waals surface area contributed by atoms with Gasteiger partial charge < -0.3 is 26.0 Å². The molecule has 0 spiro atoms. The predicted molar refractivity (Wildman–Crippen MR) is 172 cm³/mol. The molecular formula is C31H42N10O2. The fraction of sp³-hybridized carbons (Fsp3) is 0.452. The van der Waals surface area contributed by atoms with Crippen molar-refractivity contribution in [3.63, 3.8) is 0 Å². The maximum atomic E-state index is 13.1. The summed E-state index contributed by atoms with van der Waals surface area (Å²) in [6.07, 6.45) is 4.25. The molecule has 228 valence electrons. The summed E-state index contributed by atoms with van der Waals surface area (Å²) in [6, 6.07) is 7.25. The van der Waals surface area contributed by atoms with Crippen molar-refractivity contribution in [1.82, 2.24) is 20.0 Å². The molecule has 0 saturated carbocycles. The number of piperazine rings is 1. The third-order valence-electron chi connectivity index (χ3n) is 7.80. The second-order valence-corrected chi connectivity index (χ2v) is 12.2. The van der Waals surface area contributed by atoms with E-state index in [1.165, 1.54) is 6.20 Å². The highest BCUT2D eigenvalue weighted by atomic mass is 16.5.